The Morgan fingerprint density at radius 2 is 2.00 bits per heavy atom. The Bertz CT molecular complexity index is 692. The van der Waals surface area contributed by atoms with Crippen molar-refractivity contribution in [3.63, 3.8) is 0 Å². The minimum absolute atomic E-state index is 0.238. The standard InChI is InChI=1S/C20H24N2O3/c1-2-4-18(13-19-5-3-12-25-19)22-11-10-17(14-21)15-6-8-16(9-7-15)20(23)24/h4,6-10,13-14,21-22H,2-3,5,11-12H2,1H3,(H,23,24)/b17-10+,18-4+,19-13+,21-14?. The molecule has 0 aliphatic carbocycles. The second-order valence-corrected chi connectivity index (χ2v) is 5.70. The summed E-state index contributed by atoms with van der Waals surface area (Å²) in [5.74, 6) is 0.0535. The molecule has 0 unspecified atom stereocenters. The van der Waals surface area contributed by atoms with Crippen LogP contribution in [0.25, 0.3) is 5.57 Å². The predicted octanol–water partition coefficient (Wildman–Crippen LogP) is 4.00. The highest BCUT2D eigenvalue weighted by molar-refractivity contribution is 6.08. The third-order valence-electron chi connectivity index (χ3n) is 3.84. The number of hydrogen-bond donors (Lipinski definition) is 3. The SMILES string of the molecule is CC/C=C(\C=C1/CCCO1)NC/C=C(\C=N)c1ccc(C(=O)O)cc1. The summed E-state index contributed by atoms with van der Waals surface area (Å²) >= 11 is 0. The van der Waals surface area contributed by atoms with E-state index in [1.807, 2.05) is 12.2 Å². The molecule has 1 heterocycles. The number of nitrogens with one attached hydrogen (secondary N) is 2. The van der Waals surface area contributed by atoms with Gasteiger partial charge < -0.3 is 20.6 Å². The lowest BCUT2D eigenvalue weighted by Gasteiger charge is -2.08. The molecular weight excluding hydrogens is 316 g/mol. The third kappa shape index (κ3) is 5.64. The zero-order valence-electron chi connectivity index (χ0n) is 14.4. The van der Waals surface area contributed by atoms with E-state index in [0.717, 1.165) is 48.5 Å². The van der Waals surface area contributed by atoms with Gasteiger partial charge in [-0.05, 0) is 42.2 Å². The maximum atomic E-state index is 10.9. The molecule has 1 aromatic rings. The molecule has 5 nitrogen and oxygen atoms in total. The number of carbonyl (C=O) groups is 1. The summed E-state index contributed by atoms with van der Waals surface area (Å²) in [5, 5.41) is 19.9. The van der Waals surface area contributed by atoms with E-state index in [9.17, 15) is 4.79 Å². The molecule has 0 aromatic heterocycles. The van der Waals surface area contributed by atoms with E-state index >= 15 is 0 Å². The number of ether oxygens (including phenoxy) is 1. The summed E-state index contributed by atoms with van der Waals surface area (Å²) in [6.45, 7) is 3.44. The van der Waals surface area contributed by atoms with Crippen LogP contribution in [0, 0.1) is 5.41 Å². The molecule has 0 saturated carbocycles. The Morgan fingerprint density at radius 1 is 1.28 bits per heavy atom. The number of rotatable bonds is 8. The summed E-state index contributed by atoms with van der Waals surface area (Å²) < 4.78 is 5.56. The Balaban J connectivity index is 2.03. The molecular formula is C20H24N2O3. The van der Waals surface area contributed by atoms with E-state index < -0.39 is 5.97 Å². The van der Waals surface area contributed by atoms with Gasteiger partial charge in [-0.2, -0.15) is 0 Å². The van der Waals surface area contributed by atoms with Gasteiger partial charge in [-0.25, -0.2) is 4.79 Å². The summed E-state index contributed by atoms with van der Waals surface area (Å²) in [5.41, 5.74) is 2.81. The largest absolute Gasteiger partial charge is 0.498 e. The van der Waals surface area contributed by atoms with Crippen LogP contribution in [0.3, 0.4) is 0 Å². The van der Waals surface area contributed by atoms with Crippen LogP contribution in [0.4, 0.5) is 0 Å². The molecule has 0 radical (unpaired) electrons. The van der Waals surface area contributed by atoms with Crippen LogP contribution in [0.15, 0.2) is 53.9 Å². The smallest absolute Gasteiger partial charge is 0.335 e. The first-order chi connectivity index (χ1) is 12.1. The second kappa shape index (κ2) is 9.47. The molecule has 3 N–H and O–H groups in total. The fraction of sp³-hybridized carbons (Fsp3) is 0.300. The van der Waals surface area contributed by atoms with E-state index in [1.165, 1.54) is 6.21 Å². The van der Waals surface area contributed by atoms with Crippen LogP contribution in [0.5, 0.6) is 0 Å². The zero-order chi connectivity index (χ0) is 18.1. The first-order valence-corrected chi connectivity index (χ1v) is 8.45. The molecule has 25 heavy (non-hydrogen) atoms. The number of carboxylic acid groups (broad SMARTS) is 1. The summed E-state index contributed by atoms with van der Waals surface area (Å²) in [4.78, 5) is 10.9. The van der Waals surface area contributed by atoms with Crippen molar-refractivity contribution < 1.29 is 14.6 Å². The van der Waals surface area contributed by atoms with Crippen molar-refractivity contribution in [3.8, 4) is 0 Å². The molecule has 2 rings (SSSR count). The molecule has 1 fully saturated rings. The number of aromatic carboxylic acids is 1. The van der Waals surface area contributed by atoms with Crippen LogP contribution in [0.2, 0.25) is 0 Å². The summed E-state index contributed by atoms with van der Waals surface area (Å²) in [7, 11) is 0. The lowest BCUT2D eigenvalue weighted by Crippen LogP contribution is -2.12. The second-order valence-electron chi connectivity index (χ2n) is 5.70. The van der Waals surface area contributed by atoms with E-state index in [1.54, 1.807) is 24.3 Å². The maximum absolute atomic E-state index is 10.9. The minimum atomic E-state index is -0.954. The molecule has 5 heteroatoms. The zero-order valence-corrected chi connectivity index (χ0v) is 14.4. The molecule has 0 atom stereocenters. The van der Waals surface area contributed by atoms with Gasteiger partial charge in [-0.3, -0.25) is 0 Å². The summed E-state index contributed by atoms with van der Waals surface area (Å²) in [6, 6.07) is 6.54. The Morgan fingerprint density at radius 3 is 2.56 bits per heavy atom. The molecule has 1 aliphatic rings. The maximum Gasteiger partial charge on any atom is 0.335 e. The number of carboxylic acids is 1. The van der Waals surface area contributed by atoms with Gasteiger partial charge in [-0.15, -0.1) is 0 Å². The highest BCUT2D eigenvalue weighted by atomic mass is 16.5. The van der Waals surface area contributed by atoms with Crippen molar-refractivity contribution >= 4 is 17.8 Å². The fourth-order valence-corrected chi connectivity index (χ4v) is 2.56. The van der Waals surface area contributed by atoms with E-state index in [-0.39, 0.29) is 5.56 Å². The van der Waals surface area contributed by atoms with E-state index in [4.69, 9.17) is 15.3 Å². The van der Waals surface area contributed by atoms with Crippen LogP contribution in [-0.2, 0) is 4.74 Å². The third-order valence-corrected chi connectivity index (χ3v) is 3.84. The van der Waals surface area contributed by atoms with E-state index in [2.05, 4.69) is 18.3 Å². The number of hydrogen-bond acceptors (Lipinski definition) is 4. The molecule has 0 spiro atoms. The van der Waals surface area contributed by atoms with Crippen molar-refractivity contribution in [1.82, 2.24) is 5.32 Å². The minimum Gasteiger partial charge on any atom is -0.498 e. The van der Waals surface area contributed by atoms with Crippen molar-refractivity contribution in [1.29, 1.82) is 5.41 Å². The highest BCUT2D eigenvalue weighted by Crippen LogP contribution is 2.18. The first-order valence-electron chi connectivity index (χ1n) is 8.45. The Labute approximate surface area is 148 Å². The topological polar surface area (TPSA) is 82.4 Å². The van der Waals surface area contributed by atoms with Gasteiger partial charge in [0, 0.05) is 24.9 Å². The van der Waals surface area contributed by atoms with Crippen LogP contribution in [0.1, 0.15) is 42.1 Å². The normalized spacial score (nSPS) is 16.6. The monoisotopic (exact) mass is 340 g/mol. The lowest BCUT2D eigenvalue weighted by atomic mass is 10.0. The highest BCUT2D eigenvalue weighted by Gasteiger charge is 2.08. The molecule has 1 aliphatic heterocycles. The van der Waals surface area contributed by atoms with Gasteiger partial charge in [0.15, 0.2) is 0 Å². The molecule has 0 amide bonds. The molecule has 132 valence electrons. The van der Waals surface area contributed by atoms with Crippen LogP contribution in [-0.4, -0.2) is 30.4 Å². The van der Waals surface area contributed by atoms with Crippen molar-refractivity contribution in [2.24, 2.45) is 0 Å². The van der Waals surface area contributed by atoms with Gasteiger partial charge in [0.2, 0.25) is 0 Å². The Hall–Kier alpha value is -2.82. The van der Waals surface area contributed by atoms with E-state index in [0.29, 0.717) is 6.54 Å². The van der Waals surface area contributed by atoms with Crippen LogP contribution < -0.4 is 5.32 Å². The average molecular weight is 340 g/mol. The average Bonchev–Trinajstić information content (AvgIpc) is 3.12. The number of benzene rings is 1. The fourth-order valence-electron chi connectivity index (χ4n) is 2.56. The lowest BCUT2D eigenvalue weighted by molar-refractivity contribution is 0.0697. The van der Waals surface area contributed by atoms with Gasteiger partial charge in [0.25, 0.3) is 0 Å². The quantitative estimate of drug-likeness (QED) is 0.625. The van der Waals surface area contributed by atoms with Crippen molar-refractivity contribution in [2.45, 2.75) is 26.2 Å². The van der Waals surface area contributed by atoms with Gasteiger partial charge in [-0.1, -0.05) is 31.2 Å². The van der Waals surface area contributed by atoms with Crippen molar-refractivity contribution in [2.75, 3.05) is 13.2 Å². The first kappa shape index (κ1) is 18.5. The molecule has 0 bridgehead atoms. The van der Waals surface area contributed by atoms with Crippen LogP contribution >= 0.6 is 0 Å². The predicted molar refractivity (Wildman–Crippen MR) is 99.8 cm³/mol. The van der Waals surface area contributed by atoms with Crippen molar-refractivity contribution in [3.05, 3.63) is 65.1 Å². The van der Waals surface area contributed by atoms with Gasteiger partial charge in [0.1, 0.15) is 0 Å². The summed E-state index contributed by atoms with van der Waals surface area (Å²) in [6.07, 6.45) is 10.3. The molecule has 1 aromatic carbocycles. The Kier molecular flexibility index (Phi) is 7.01. The van der Waals surface area contributed by atoms with Gasteiger partial charge in [0.05, 0.1) is 17.9 Å². The molecule has 1 saturated heterocycles. The van der Waals surface area contributed by atoms with Gasteiger partial charge >= 0.3 is 5.97 Å². The number of allylic oxidation sites excluding steroid dienone is 4.